The predicted octanol–water partition coefficient (Wildman–Crippen LogP) is 3.57. The summed E-state index contributed by atoms with van der Waals surface area (Å²) >= 11 is 0. The van der Waals surface area contributed by atoms with Crippen molar-refractivity contribution in [2.24, 2.45) is 0 Å². The van der Waals surface area contributed by atoms with E-state index < -0.39 is 4.92 Å². The average Bonchev–Trinajstić information content (AvgIpc) is 2.67. The van der Waals surface area contributed by atoms with Crippen molar-refractivity contribution in [1.29, 1.82) is 5.26 Å². The number of rotatable bonds is 3. The molecule has 19 heavy (non-hydrogen) atoms. The van der Waals surface area contributed by atoms with Gasteiger partial charge in [-0.25, -0.2) is 0 Å². The summed E-state index contributed by atoms with van der Waals surface area (Å²) in [7, 11) is 0. The van der Waals surface area contributed by atoms with E-state index in [1.165, 1.54) is 25.0 Å². The molecule has 1 fully saturated rings. The van der Waals surface area contributed by atoms with E-state index in [1.54, 1.807) is 6.07 Å². The lowest BCUT2D eigenvalue weighted by molar-refractivity contribution is -0.385. The quantitative estimate of drug-likeness (QED) is 0.473. The standard InChI is InChI=1S/C14H16N2O3/c15-10-11-9-13(7-8-14(11)16(17)18)19-12-5-3-1-2-4-6-12/h7-9,12H,1-6H2. The lowest BCUT2D eigenvalue weighted by Gasteiger charge is -2.16. The monoisotopic (exact) mass is 260 g/mol. The van der Waals surface area contributed by atoms with Gasteiger partial charge in [0.15, 0.2) is 0 Å². The molecule has 0 unspecified atom stereocenters. The first-order valence-electron chi connectivity index (χ1n) is 6.56. The summed E-state index contributed by atoms with van der Waals surface area (Å²) in [4.78, 5) is 10.2. The predicted molar refractivity (Wildman–Crippen MR) is 69.9 cm³/mol. The van der Waals surface area contributed by atoms with E-state index in [9.17, 15) is 10.1 Å². The van der Waals surface area contributed by atoms with Crippen molar-refractivity contribution in [3.63, 3.8) is 0 Å². The minimum Gasteiger partial charge on any atom is -0.490 e. The molecule has 0 bridgehead atoms. The number of nitriles is 1. The maximum atomic E-state index is 10.7. The third kappa shape index (κ3) is 3.44. The maximum Gasteiger partial charge on any atom is 0.287 e. The number of nitro groups is 1. The van der Waals surface area contributed by atoms with Crippen LogP contribution in [0.15, 0.2) is 18.2 Å². The fourth-order valence-corrected chi connectivity index (χ4v) is 2.39. The molecule has 100 valence electrons. The highest BCUT2D eigenvalue weighted by Gasteiger charge is 2.17. The molecule has 5 heteroatoms. The number of ether oxygens (including phenoxy) is 1. The molecule has 0 atom stereocenters. The summed E-state index contributed by atoms with van der Waals surface area (Å²) < 4.78 is 5.84. The fourth-order valence-electron chi connectivity index (χ4n) is 2.39. The summed E-state index contributed by atoms with van der Waals surface area (Å²) in [6.45, 7) is 0. The third-order valence-corrected chi connectivity index (χ3v) is 3.39. The van der Waals surface area contributed by atoms with Crippen LogP contribution in [-0.2, 0) is 0 Å². The smallest absolute Gasteiger partial charge is 0.287 e. The molecule has 0 N–H and O–H groups in total. The number of hydrogen-bond acceptors (Lipinski definition) is 4. The first-order chi connectivity index (χ1) is 9.20. The van der Waals surface area contributed by atoms with Crippen molar-refractivity contribution in [3.05, 3.63) is 33.9 Å². The highest BCUT2D eigenvalue weighted by molar-refractivity contribution is 5.52. The molecule has 0 heterocycles. The highest BCUT2D eigenvalue weighted by atomic mass is 16.6. The molecular formula is C14H16N2O3. The number of benzene rings is 1. The second-order valence-electron chi connectivity index (χ2n) is 4.78. The third-order valence-electron chi connectivity index (χ3n) is 3.39. The second-order valence-corrected chi connectivity index (χ2v) is 4.78. The van der Waals surface area contributed by atoms with Crippen LogP contribution in [0.4, 0.5) is 5.69 Å². The van der Waals surface area contributed by atoms with Gasteiger partial charge < -0.3 is 4.74 Å². The van der Waals surface area contributed by atoms with Gasteiger partial charge in [-0.3, -0.25) is 10.1 Å². The van der Waals surface area contributed by atoms with Gasteiger partial charge in [-0.1, -0.05) is 12.8 Å². The lowest BCUT2D eigenvalue weighted by Crippen LogP contribution is -2.15. The summed E-state index contributed by atoms with van der Waals surface area (Å²) in [6, 6.07) is 6.22. The zero-order valence-corrected chi connectivity index (χ0v) is 10.7. The molecule has 0 aromatic heterocycles. The Labute approximate surface area is 112 Å². The normalized spacial score (nSPS) is 16.4. The van der Waals surface area contributed by atoms with Crippen LogP contribution in [0, 0.1) is 21.4 Å². The second kappa shape index (κ2) is 6.19. The number of nitro benzene ring substituents is 1. The van der Waals surface area contributed by atoms with Crippen LogP contribution in [0.3, 0.4) is 0 Å². The Balaban J connectivity index is 2.12. The van der Waals surface area contributed by atoms with Crippen molar-refractivity contribution in [2.75, 3.05) is 0 Å². The SMILES string of the molecule is N#Cc1cc(OC2CCCCCC2)ccc1[N+](=O)[O-]. The Morgan fingerprint density at radius 3 is 2.53 bits per heavy atom. The van der Waals surface area contributed by atoms with Gasteiger partial charge in [0.1, 0.15) is 17.4 Å². The van der Waals surface area contributed by atoms with Gasteiger partial charge in [0.25, 0.3) is 5.69 Å². The Hall–Kier alpha value is -2.09. The van der Waals surface area contributed by atoms with Gasteiger partial charge in [-0.05, 0) is 31.7 Å². The minimum atomic E-state index is -0.548. The average molecular weight is 260 g/mol. The van der Waals surface area contributed by atoms with E-state index in [1.807, 2.05) is 6.07 Å². The van der Waals surface area contributed by atoms with Crippen molar-refractivity contribution in [1.82, 2.24) is 0 Å². The summed E-state index contributed by atoms with van der Waals surface area (Å²) in [5.74, 6) is 0.550. The van der Waals surface area contributed by atoms with E-state index in [-0.39, 0.29) is 17.4 Å². The van der Waals surface area contributed by atoms with Gasteiger partial charge in [0, 0.05) is 12.1 Å². The fraction of sp³-hybridized carbons (Fsp3) is 0.500. The van der Waals surface area contributed by atoms with Gasteiger partial charge in [-0.15, -0.1) is 0 Å². The molecule has 5 nitrogen and oxygen atoms in total. The number of hydrogen-bond donors (Lipinski definition) is 0. The topological polar surface area (TPSA) is 76.2 Å². The molecule has 1 aliphatic rings. The van der Waals surface area contributed by atoms with Crippen LogP contribution in [0.2, 0.25) is 0 Å². The van der Waals surface area contributed by atoms with Crippen LogP contribution in [0.25, 0.3) is 0 Å². The molecule has 2 rings (SSSR count). The molecule has 1 saturated carbocycles. The number of nitrogens with zero attached hydrogens (tertiary/aromatic N) is 2. The van der Waals surface area contributed by atoms with Crippen LogP contribution in [-0.4, -0.2) is 11.0 Å². The van der Waals surface area contributed by atoms with E-state index in [0.717, 1.165) is 25.7 Å². The van der Waals surface area contributed by atoms with Gasteiger partial charge >= 0.3 is 0 Å². The maximum absolute atomic E-state index is 10.7. The van der Waals surface area contributed by atoms with Crippen molar-refractivity contribution >= 4 is 5.69 Å². The summed E-state index contributed by atoms with van der Waals surface area (Å²) in [6.07, 6.45) is 6.98. The van der Waals surface area contributed by atoms with Crippen molar-refractivity contribution in [3.8, 4) is 11.8 Å². The molecule has 1 aliphatic carbocycles. The Kier molecular flexibility index (Phi) is 4.35. The van der Waals surface area contributed by atoms with Crippen molar-refractivity contribution < 1.29 is 9.66 Å². The summed E-state index contributed by atoms with van der Waals surface area (Å²) in [5.41, 5.74) is -0.119. The van der Waals surface area contributed by atoms with E-state index >= 15 is 0 Å². The summed E-state index contributed by atoms with van der Waals surface area (Å²) in [5, 5.41) is 19.7. The Morgan fingerprint density at radius 1 is 1.26 bits per heavy atom. The van der Waals surface area contributed by atoms with Gasteiger partial charge in [-0.2, -0.15) is 5.26 Å². The molecule has 1 aromatic rings. The largest absolute Gasteiger partial charge is 0.490 e. The molecule has 0 radical (unpaired) electrons. The molecule has 0 aliphatic heterocycles. The van der Waals surface area contributed by atoms with Crippen LogP contribution in [0.5, 0.6) is 5.75 Å². The van der Waals surface area contributed by atoms with Crippen molar-refractivity contribution in [2.45, 2.75) is 44.6 Å². The zero-order chi connectivity index (χ0) is 13.7. The highest BCUT2D eigenvalue weighted by Crippen LogP contribution is 2.27. The molecule has 0 spiro atoms. The van der Waals surface area contributed by atoms with Crippen LogP contribution >= 0.6 is 0 Å². The molecule has 1 aromatic carbocycles. The van der Waals surface area contributed by atoms with E-state index in [4.69, 9.17) is 10.00 Å². The van der Waals surface area contributed by atoms with Gasteiger partial charge in [0.05, 0.1) is 11.0 Å². The lowest BCUT2D eigenvalue weighted by atomic mass is 10.1. The Morgan fingerprint density at radius 2 is 1.95 bits per heavy atom. The minimum absolute atomic E-state index is 0.0520. The first-order valence-corrected chi connectivity index (χ1v) is 6.56. The van der Waals surface area contributed by atoms with E-state index in [0.29, 0.717) is 5.75 Å². The molecular weight excluding hydrogens is 244 g/mol. The van der Waals surface area contributed by atoms with Crippen LogP contribution in [0.1, 0.15) is 44.1 Å². The molecule has 0 saturated heterocycles. The Bertz CT molecular complexity index is 500. The zero-order valence-electron chi connectivity index (χ0n) is 10.7. The van der Waals surface area contributed by atoms with Gasteiger partial charge in [0.2, 0.25) is 0 Å². The molecule has 0 amide bonds. The van der Waals surface area contributed by atoms with E-state index in [2.05, 4.69) is 0 Å². The first kappa shape index (κ1) is 13.3. The van der Waals surface area contributed by atoms with Crippen LogP contribution < -0.4 is 4.74 Å².